The minimum atomic E-state index is -0.495. The lowest BCUT2D eigenvalue weighted by molar-refractivity contribution is -0.119. The number of carbonyl (C=O) groups is 1. The van der Waals surface area contributed by atoms with E-state index in [2.05, 4.69) is 6.07 Å². The van der Waals surface area contributed by atoms with Crippen LogP contribution < -0.4 is 16.1 Å². The van der Waals surface area contributed by atoms with Gasteiger partial charge in [0.05, 0.1) is 27.7 Å². The highest BCUT2D eigenvalue weighted by molar-refractivity contribution is 7.22. The fraction of sp³-hybridized carbons (Fsp3) is 0.214. The second-order valence-electron chi connectivity index (χ2n) is 8.83. The summed E-state index contributed by atoms with van der Waals surface area (Å²) in [4.78, 5) is 46.4. The summed E-state index contributed by atoms with van der Waals surface area (Å²) in [6, 6.07) is 20.7. The van der Waals surface area contributed by atoms with Crippen molar-refractivity contribution < 1.29 is 4.79 Å². The van der Waals surface area contributed by atoms with E-state index in [0.717, 1.165) is 26.9 Å². The Bertz CT molecular complexity index is 1720. The molecule has 0 aliphatic rings. The molecule has 0 N–H and O–H groups in total. The monoisotopic (exact) mass is 498 g/mol. The molecule has 0 aliphatic carbocycles. The number of thiazole rings is 1. The lowest BCUT2D eigenvalue weighted by Crippen LogP contribution is -2.43. The first-order chi connectivity index (χ1) is 17.4. The summed E-state index contributed by atoms with van der Waals surface area (Å²) >= 11 is 1.47. The SMILES string of the molecule is CCn1c(=O)c2ccccc2n(CC(=O)N(Cc2ccccc2)c2nc3cc(C)cc(C)c3s2)c1=O. The number of aryl methyl sites for hydroxylation is 2. The van der Waals surface area contributed by atoms with Gasteiger partial charge in [-0.05, 0) is 55.7 Å². The Hall–Kier alpha value is -4.04. The molecule has 36 heavy (non-hydrogen) atoms. The van der Waals surface area contributed by atoms with Crippen LogP contribution in [0.5, 0.6) is 0 Å². The van der Waals surface area contributed by atoms with Crippen LogP contribution in [0.3, 0.4) is 0 Å². The smallest absolute Gasteiger partial charge is 0.284 e. The molecule has 0 radical (unpaired) electrons. The van der Waals surface area contributed by atoms with Crippen LogP contribution in [-0.2, 0) is 24.4 Å². The van der Waals surface area contributed by atoms with Crippen molar-refractivity contribution in [2.24, 2.45) is 0 Å². The van der Waals surface area contributed by atoms with E-state index in [1.165, 1.54) is 20.5 Å². The van der Waals surface area contributed by atoms with Gasteiger partial charge in [0, 0.05) is 6.54 Å². The van der Waals surface area contributed by atoms with Crippen LogP contribution in [0.4, 0.5) is 5.13 Å². The Morgan fingerprint density at radius 2 is 1.69 bits per heavy atom. The second kappa shape index (κ2) is 9.54. The number of anilines is 1. The highest BCUT2D eigenvalue weighted by atomic mass is 32.1. The first kappa shape index (κ1) is 23.7. The van der Waals surface area contributed by atoms with Gasteiger partial charge in [-0.3, -0.25) is 23.6 Å². The minimum Gasteiger partial charge on any atom is -0.284 e. The average molecular weight is 499 g/mol. The predicted molar refractivity (Wildman–Crippen MR) is 145 cm³/mol. The Morgan fingerprint density at radius 1 is 0.972 bits per heavy atom. The standard InChI is InChI=1S/C28H26N4O3S/c1-4-30-26(34)21-12-8-9-13-23(21)31(28(30)35)17-24(33)32(16-20-10-6-5-7-11-20)27-29-22-15-18(2)14-19(3)25(22)36-27/h5-15H,4,16-17H2,1-3H3. The number of amides is 1. The van der Waals surface area contributed by atoms with Crippen molar-refractivity contribution in [3.63, 3.8) is 0 Å². The first-order valence-corrected chi connectivity index (χ1v) is 12.6. The average Bonchev–Trinajstić information content (AvgIpc) is 3.30. The molecule has 5 rings (SSSR count). The number of aromatic nitrogens is 3. The highest BCUT2D eigenvalue weighted by Crippen LogP contribution is 2.33. The van der Waals surface area contributed by atoms with Crippen molar-refractivity contribution in [2.45, 2.75) is 40.4 Å². The quantitative estimate of drug-likeness (QED) is 0.342. The summed E-state index contributed by atoms with van der Waals surface area (Å²) in [5.41, 5.74) is 3.62. The lowest BCUT2D eigenvalue weighted by Gasteiger charge is -2.21. The van der Waals surface area contributed by atoms with Gasteiger partial charge in [0.2, 0.25) is 5.91 Å². The zero-order valence-electron chi connectivity index (χ0n) is 20.4. The maximum Gasteiger partial charge on any atom is 0.331 e. The molecule has 2 aromatic heterocycles. The van der Waals surface area contributed by atoms with Crippen LogP contribution in [-0.4, -0.2) is 20.0 Å². The summed E-state index contributed by atoms with van der Waals surface area (Å²) in [5, 5.41) is 0.987. The fourth-order valence-electron chi connectivity index (χ4n) is 4.53. The number of carbonyl (C=O) groups excluding carboxylic acids is 1. The van der Waals surface area contributed by atoms with Gasteiger partial charge < -0.3 is 0 Å². The fourth-order valence-corrected chi connectivity index (χ4v) is 5.56. The molecule has 0 saturated heterocycles. The Labute approximate surface area is 211 Å². The van der Waals surface area contributed by atoms with E-state index in [4.69, 9.17) is 4.98 Å². The molecule has 182 valence electrons. The Morgan fingerprint density at radius 3 is 2.44 bits per heavy atom. The van der Waals surface area contributed by atoms with Gasteiger partial charge in [-0.1, -0.05) is 59.9 Å². The third-order valence-corrected chi connectivity index (χ3v) is 7.50. The van der Waals surface area contributed by atoms with E-state index < -0.39 is 5.69 Å². The van der Waals surface area contributed by atoms with Crippen LogP contribution in [0.15, 0.2) is 76.3 Å². The molecule has 8 heteroatoms. The molecule has 0 bridgehead atoms. The lowest BCUT2D eigenvalue weighted by atomic mass is 10.1. The molecule has 0 atom stereocenters. The molecule has 5 aromatic rings. The van der Waals surface area contributed by atoms with Crippen LogP contribution >= 0.6 is 11.3 Å². The van der Waals surface area contributed by atoms with Crippen LogP contribution in [0.25, 0.3) is 21.1 Å². The summed E-state index contributed by atoms with van der Waals surface area (Å²) in [6.07, 6.45) is 0. The van der Waals surface area contributed by atoms with E-state index in [1.54, 1.807) is 36.1 Å². The number of rotatable bonds is 6. The molecular weight excluding hydrogens is 472 g/mol. The highest BCUT2D eigenvalue weighted by Gasteiger charge is 2.23. The molecule has 0 unspecified atom stereocenters. The number of benzene rings is 3. The molecule has 2 heterocycles. The number of hydrogen-bond acceptors (Lipinski definition) is 5. The van der Waals surface area contributed by atoms with E-state index >= 15 is 0 Å². The molecule has 7 nitrogen and oxygen atoms in total. The molecule has 0 saturated carbocycles. The second-order valence-corrected chi connectivity index (χ2v) is 9.80. The van der Waals surface area contributed by atoms with Gasteiger partial charge in [-0.25, -0.2) is 9.78 Å². The maximum atomic E-state index is 13.9. The van der Waals surface area contributed by atoms with Crippen molar-refractivity contribution in [2.75, 3.05) is 4.90 Å². The van der Waals surface area contributed by atoms with Gasteiger partial charge in [0.15, 0.2) is 5.13 Å². The van der Waals surface area contributed by atoms with E-state index in [9.17, 15) is 14.4 Å². The van der Waals surface area contributed by atoms with Crippen molar-refractivity contribution in [1.29, 1.82) is 0 Å². The van der Waals surface area contributed by atoms with Gasteiger partial charge >= 0.3 is 5.69 Å². The Kier molecular flexibility index (Phi) is 6.28. The van der Waals surface area contributed by atoms with Gasteiger partial charge in [-0.2, -0.15) is 0 Å². The summed E-state index contributed by atoms with van der Waals surface area (Å²) < 4.78 is 3.59. The van der Waals surface area contributed by atoms with Crippen molar-refractivity contribution >= 4 is 43.5 Å². The number of hydrogen-bond donors (Lipinski definition) is 0. The molecule has 0 fully saturated rings. The minimum absolute atomic E-state index is 0.208. The van der Waals surface area contributed by atoms with E-state index in [1.807, 2.05) is 50.2 Å². The normalized spacial score (nSPS) is 11.3. The van der Waals surface area contributed by atoms with Crippen molar-refractivity contribution in [1.82, 2.24) is 14.1 Å². The largest absolute Gasteiger partial charge is 0.331 e. The Balaban J connectivity index is 1.62. The zero-order chi connectivity index (χ0) is 25.4. The van der Waals surface area contributed by atoms with Crippen molar-refractivity contribution in [3.05, 3.63) is 104 Å². The number of para-hydroxylation sites is 1. The maximum absolute atomic E-state index is 13.9. The van der Waals surface area contributed by atoms with Gasteiger partial charge in [0.25, 0.3) is 5.56 Å². The number of fused-ring (bicyclic) bond motifs is 2. The summed E-state index contributed by atoms with van der Waals surface area (Å²) in [6.45, 7) is 6.15. The third kappa shape index (κ3) is 4.24. The predicted octanol–water partition coefficient (Wildman–Crippen LogP) is 4.64. The summed E-state index contributed by atoms with van der Waals surface area (Å²) in [5.74, 6) is -0.277. The first-order valence-electron chi connectivity index (χ1n) is 11.8. The molecule has 0 spiro atoms. The number of nitrogens with zero attached hydrogens (tertiary/aromatic N) is 4. The molecular formula is C28H26N4O3S. The zero-order valence-corrected chi connectivity index (χ0v) is 21.2. The third-order valence-electron chi connectivity index (χ3n) is 6.27. The summed E-state index contributed by atoms with van der Waals surface area (Å²) in [7, 11) is 0. The van der Waals surface area contributed by atoms with E-state index in [0.29, 0.717) is 22.6 Å². The molecule has 3 aromatic carbocycles. The van der Waals surface area contributed by atoms with Crippen molar-refractivity contribution in [3.8, 4) is 0 Å². The topological polar surface area (TPSA) is 77.2 Å². The molecule has 0 aliphatic heterocycles. The van der Waals surface area contributed by atoms with Crippen LogP contribution in [0.2, 0.25) is 0 Å². The van der Waals surface area contributed by atoms with Gasteiger partial charge in [-0.15, -0.1) is 0 Å². The molecule has 1 amide bonds. The van der Waals surface area contributed by atoms with E-state index in [-0.39, 0.29) is 24.6 Å². The van der Waals surface area contributed by atoms with Crippen LogP contribution in [0, 0.1) is 13.8 Å². The van der Waals surface area contributed by atoms with Crippen LogP contribution in [0.1, 0.15) is 23.6 Å². The van der Waals surface area contributed by atoms with Gasteiger partial charge in [0.1, 0.15) is 6.54 Å².